The van der Waals surface area contributed by atoms with Crippen LogP contribution in [0.15, 0.2) is 28.1 Å². The number of hydrogen-bond donors (Lipinski definition) is 2. The van der Waals surface area contributed by atoms with Gasteiger partial charge in [-0.3, -0.25) is 0 Å². The van der Waals surface area contributed by atoms with Gasteiger partial charge in [0.15, 0.2) is 5.13 Å². The number of aromatic nitrogens is 1. The number of halogens is 2. The van der Waals surface area contributed by atoms with Crippen molar-refractivity contribution in [1.29, 1.82) is 0 Å². The molecule has 0 aliphatic carbocycles. The molecule has 0 fully saturated rings. The molecule has 0 unspecified atom stereocenters. The first-order chi connectivity index (χ1) is 8.91. The third kappa shape index (κ3) is 3.52. The summed E-state index contributed by atoms with van der Waals surface area (Å²) < 4.78 is 14.5. The van der Waals surface area contributed by atoms with Gasteiger partial charge in [0.2, 0.25) is 0 Å². The second kappa shape index (κ2) is 5.56. The highest BCUT2D eigenvalue weighted by molar-refractivity contribution is 9.10. The van der Waals surface area contributed by atoms with Crippen LogP contribution in [0.1, 0.15) is 13.8 Å². The van der Waals surface area contributed by atoms with Crippen molar-refractivity contribution in [2.24, 2.45) is 0 Å². The van der Waals surface area contributed by atoms with Crippen molar-refractivity contribution in [2.75, 3.05) is 11.9 Å². The minimum absolute atomic E-state index is 0.00540. The number of nitrogens with one attached hydrogen (secondary N) is 1. The van der Waals surface area contributed by atoms with E-state index in [2.05, 4.69) is 26.2 Å². The Morgan fingerprint density at radius 2 is 2.21 bits per heavy atom. The fourth-order valence-electron chi connectivity index (χ4n) is 1.48. The molecular formula is C13H14BrFN2OS. The van der Waals surface area contributed by atoms with Crippen molar-refractivity contribution in [3.8, 4) is 11.3 Å². The molecule has 0 amide bonds. The third-order valence-corrected chi connectivity index (χ3v) is 3.80. The number of aliphatic hydroxyl groups excluding tert-OH is 1. The molecule has 0 spiro atoms. The van der Waals surface area contributed by atoms with Crippen molar-refractivity contribution in [3.63, 3.8) is 0 Å². The molecule has 2 rings (SSSR count). The van der Waals surface area contributed by atoms with E-state index in [1.54, 1.807) is 17.5 Å². The lowest BCUT2D eigenvalue weighted by molar-refractivity contribution is 0.234. The molecule has 1 aromatic carbocycles. The van der Waals surface area contributed by atoms with Gasteiger partial charge in [0.05, 0.1) is 17.8 Å². The van der Waals surface area contributed by atoms with Crippen molar-refractivity contribution in [1.82, 2.24) is 4.98 Å². The Morgan fingerprint density at radius 3 is 2.84 bits per heavy atom. The zero-order chi connectivity index (χ0) is 14.0. The first kappa shape index (κ1) is 14.4. The minimum atomic E-state index is -0.451. The molecule has 2 N–H and O–H groups in total. The molecule has 0 saturated carbocycles. The van der Waals surface area contributed by atoms with Crippen LogP contribution in [0, 0.1) is 5.82 Å². The number of benzene rings is 1. The van der Waals surface area contributed by atoms with E-state index < -0.39 is 5.54 Å². The zero-order valence-corrected chi connectivity index (χ0v) is 13.0. The summed E-state index contributed by atoms with van der Waals surface area (Å²) in [6, 6.07) is 4.89. The summed E-state index contributed by atoms with van der Waals surface area (Å²) in [7, 11) is 0. The van der Waals surface area contributed by atoms with Gasteiger partial charge in [0.1, 0.15) is 5.82 Å². The monoisotopic (exact) mass is 344 g/mol. The molecular weight excluding hydrogens is 331 g/mol. The predicted molar refractivity (Wildman–Crippen MR) is 80.0 cm³/mol. The topological polar surface area (TPSA) is 45.1 Å². The standard InChI is InChI=1S/C13H14BrFN2OS/c1-13(2,7-18)17-12-16-11(6-19-12)9-4-3-8(14)5-10(9)15/h3-6,18H,7H2,1-2H3,(H,16,17). The Balaban J connectivity index is 2.26. The van der Waals surface area contributed by atoms with Gasteiger partial charge in [-0.25, -0.2) is 9.37 Å². The summed E-state index contributed by atoms with van der Waals surface area (Å²) in [5.74, 6) is -0.312. The van der Waals surface area contributed by atoms with Crippen molar-refractivity contribution in [3.05, 3.63) is 33.9 Å². The van der Waals surface area contributed by atoms with Gasteiger partial charge in [-0.15, -0.1) is 11.3 Å². The summed E-state index contributed by atoms with van der Waals surface area (Å²) >= 11 is 4.61. The molecule has 6 heteroatoms. The predicted octanol–water partition coefficient (Wildman–Crippen LogP) is 3.89. The Morgan fingerprint density at radius 1 is 1.47 bits per heavy atom. The van der Waals surface area contributed by atoms with Crippen LogP contribution in [0.5, 0.6) is 0 Å². The molecule has 3 nitrogen and oxygen atoms in total. The first-order valence-electron chi connectivity index (χ1n) is 5.71. The van der Waals surface area contributed by atoms with Crippen LogP contribution in [0.2, 0.25) is 0 Å². The molecule has 0 saturated heterocycles. The van der Waals surface area contributed by atoms with Gasteiger partial charge in [-0.1, -0.05) is 15.9 Å². The smallest absolute Gasteiger partial charge is 0.183 e. The van der Waals surface area contributed by atoms with E-state index in [0.717, 1.165) is 0 Å². The van der Waals surface area contributed by atoms with Gasteiger partial charge >= 0.3 is 0 Å². The average Bonchev–Trinajstić information content (AvgIpc) is 2.76. The summed E-state index contributed by atoms with van der Waals surface area (Å²) in [5.41, 5.74) is 0.605. The highest BCUT2D eigenvalue weighted by atomic mass is 79.9. The summed E-state index contributed by atoms with van der Waals surface area (Å²) in [6.07, 6.45) is 0. The molecule has 0 atom stereocenters. The zero-order valence-electron chi connectivity index (χ0n) is 10.6. The Hall–Kier alpha value is -0.980. The van der Waals surface area contributed by atoms with E-state index in [4.69, 9.17) is 0 Å². The van der Waals surface area contributed by atoms with Gasteiger partial charge in [-0.2, -0.15) is 0 Å². The van der Waals surface area contributed by atoms with Gasteiger partial charge in [0.25, 0.3) is 0 Å². The van der Waals surface area contributed by atoms with Crippen LogP contribution in [-0.4, -0.2) is 22.2 Å². The molecule has 2 aromatic rings. The Bertz CT molecular complexity index is 586. The first-order valence-corrected chi connectivity index (χ1v) is 7.38. The van der Waals surface area contributed by atoms with Crippen LogP contribution < -0.4 is 5.32 Å². The molecule has 102 valence electrons. The molecule has 0 radical (unpaired) electrons. The van der Waals surface area contributed by atoms with Gasteiger partial charge in [-0.05, 0) is 32.0 Å². The number of hydrogen-bond acceptors (Lipinski definition) is 4. The Labute approximate surface area is 123 Å². The van der Waals surface area contributed by atoms with E-state index in [-0.39, 0.29) is 12.4 Å². The van der Waals surface area contributed by atoms with E-state index in [1.807, 2.05) is 13.8 Å². The average molecular weight is 345 g/mol. The van der Waals surface area contributed by atoms with Crippen LogP contribution >= 0.6 is 27.3 Å². The molecule has 0 bridgehead atoms. The molecule has 1 heterocycles. The van der Waals surface area contributed by atoms with Crippen LogP contribution in [0.25, 0.3) is 11.3 Å². The summed E-state index contributed by atoms with van der Waals surface area (Å²) in [5, 5.41) is 14.8. The molecule has 1 aromatic heterocycles. The van der Waals surface area contributed by atoms with Crippen LogP contribution in [-0.2, 0) is 0 Å². The Kier molecular flexibility index (Phi) is 4.23. The maximum atomic E-state index is 13.8. The van der Waals surface area contributed by atoms with Crippen molar-refractivity contribution >= 4 is 32.4 Å². The summed E-state index contributed by atoms with van der Waals surface area (Å²) in [6.45, 7) is 3.73. The highest BCUT2D eigenvalue weighted by Crippen LogP contribution is 2.29. The van der Waals surface area contributed by atoms with Crippen molar-refractivity contribution in [2.45, 2.75) is 19.4 Å². The number of thiazole rings is 1. The van der Waals surface area contributed by atoms with Crippen LogP contribution in [0.3, 0.4) is 0 Å². The van der Waals surface area contributed by atoms with E-state index >= 15 is 0 Å². The van der Waals surface area contributed by atoms with E-state index in [0.29, 0.717) is 20.9 Å². The van der Waals surface area contributed by atoms with Crippen molar-refractivity contribution < 1.29 is 9.50 Å². The largest absolute Gasteiger partial charge is 0.394 e. The lowest BCUT2D eigenvalue weighted by Gasteiger charge is -2.22. The lowest BCUT2D eigenvalue weighted by atomic mass is 10.1. The molecule has 19 heavy (non-hydrogen) atoms. The number of rotatable bonds is 4. The fourth-order valence-corrected chi connectivity index (χ4v) is 2.70. The van der Waals surface area contributed by atoms with Gasteiger partial charge < -0.3 is 10.4 Å². The van der Waals surface area contributed by atoms with Gasteiger partial charge in [0, 0.05) is 15.4 Å². The lowest BCUT2D eigenvalue weighted by Crippen LogP contribution is -2.34. The maximum Gasteiger partial charge on any atom is 0.183 e. The summed E-state index contributed by atoms with van der Waals surface area (Å²) in [4.78, 5) is 4.35. The number of nitrogens with zero attached hydrogens (tertiary/aromatic N) is 1. The van der Waals surface area contributed by atoms with E-state index in [1.165, 1.54) is 17.4 Å². The second-order valence-corrected chi connectivity index (χ2v) is 6.60. The fraction of sp³-hybridized carbons (Fsp3) is 0.308. The molecule has 0 aliphatic rings. The highest BCUT2D eigenvalue weighted by Gasteiger charge is 2.18. The molecule has 0 aliphatic heterocycles. The quantitative estimate of drug-likeness (QED) is 0.884. The third-order valence-electron chi connectivity index (χ3n) is 2.55. The second-order valence-electron chi connectivity index (χ2n) is 4.83. The minimum Gasteiger partial charge on any atom is -0.394 e. The normalized spacial score (nSPS) is 11.6. The van der Waals surface area contributed by atoms with Crippen LogP contribution in [0.4, 0.5) is 9.52 Å². The maximum absolute atomic E-state index is 13.8. The number of aliphatic hydroxyl groups is 1. The number of anilines is 1. The van der Waals surface area contributed by atoms with E-state index in [9.17, 15) is 9.50 Å². The SMILES string of the molecule is CC(C)(CO)Nc1nc(-c2ccc(Br)cc2F)cs1.